The molecule has 4 aromatic rings. The van der Waals surface area contributed by atoms with Crippen LogP contribution in [0.1, 0.15) is 22.7 Å². The molecule has 0 saturated heterocycles. The zero-order valence-corrected chi connectivity index (χ0v) is 19.2. The van der Waals surface area contributed by atoms with Crippen LogP contribution < -0.4 is 11.1 Å². The van der Waals surface area contributed by atoms with Crippen LogP contribution in [0.15, 0.2) is 84.1 Å². The van der Waals surface area contributed by atoms with Crippen LogP contribution in [0.2, 0.25) is 0 Å². The molecule has 1 aliphatic heterocycles. The van der Waals surface area contributed by atoms with E-state index >= 15 is 0 Å². The number of hydrogen-bond acceptors (Lipinski definition) is 4. The van der Waals surface area contributed by atoms with Crippen molar-refractivity contribution < 1.29 is 0 Å². The SMILES string of the molecule is C=Cc1ccc(C2Nc3c(-c4ccc(-c5ccccc5)nc4)cnn3C(N)=C2Br)c(C)c1. The first kappa shape index (κ1) is 20.3. The Kier molecular flexibility index (Phi) is 5.15. The second-order valence-corrected chi connectivity index (χ2v) is 8.60. The number of hydrogen-bond donors (Lipinski definition) is 2. The van der Waals surface area contributed by atoms with Crippen molar-refractivity contribution in [2.24, 2.45) is 5.73 Å². The maximum Gasteiger partial charge on any atom is 0.140 e. The number of fused-ring (bicyclic) bond motifs is 1. The van der Waals surface area contributed by atoms with Gasteiger partial charge in [-0.2, -0.15) is 5.10 Å². The molecule has 1 atom stereocenters. The molecule has 0 fully saturated rings. The molecule has 3 heterocycles. The van der Waals surface area contributed by atoms with Gasteiger partial charge in [-0.15, -0.1) is 0 Å². The molecular formula is C26H22BrN5. The van der Waals surface area contributed by atoms with Gasteiger partial charge in [0, 0.05) is 22.9 Å². The van der Waals surface area contributed by atoms with Crippen molar-refractivity contribution in [1.82, 2.24) is 14.8 Å². The molecule has 1 unspecified atom stereocenters. The van der Waals surface area contributed by atoms with Gasteiger partial charge in [0.05, 0.1) is 22.4 Å². The first-order valence-corrected chi connectivity index (χ1v) is 11.1. The molecule has 2 aromatic heterocycles. The molecule has 0 saturated carbocycles. The molecule has 0 amide bonds. The van der Waals surface area contributed by atoms with Crippen LogP contribution >= 0.6 is 15.9 Å². The Hall–Kier alpha value is -3.64. The van der Waals surface area contributed by atoms with Crippen LogP contribution in [0.25, 0.3) is 34.3 Å². The van der Waals surface area contributed by atoms with Crippen LogP contribution in [0.5, 0.6) is 0 Å². The zero-order chi connectivity index (χ0) is 22.2. The van der Waals surface area contributed by atoms with Crippen molar-refractivity contribution in [2.45, 2.75) is 13.0 Å². The van der Waals surface area contributed by atoms with E-state index in [2.05, 4.69) is 81.2 Å². The lowest BCUT2D eigenvalue weighted by Gasteiger charge is -2.29. The standard InChI is InChI=1S/C26H22BrN5/c1-3-17-9-11-20(16(2)13-17)24-23(27)25(28)32-26(31-24)21(15-30-32)19-10-12-22(29-14-19)18-7-5-4-6-8-18/h3-15,24,31H,1,28H2,2H3. The van der Waals surface area contributed by atoms with E-state index in [-0.39, 0.29) is 6.04 Å². The molecule has 0 spiro atoms. The van der Waals surface area contributed by atoms with Crippen LogP contribution in [0.3, 0.4) is 0 Å². The van der Waals surface area contributed by atoms with Gasteiger partial charge in [0.2, 0.25) is 0 Å². The summed E-state index contributed by atoms with van der Waals surface area (Å²) in [6, 6.07) is 20.4. The van der Waals surface area contributed by atoms with Gasteiger partial charge < -0.3 is 11.1 Å². The highest BCUT2D eigenvalue weighted by atomic mass is 79.9. The Bertz CT molecular complexity index is 1340. The van der Waals surface area contributed by atoms with Gasteiger partial charge in [0.25, 0.3) is 0 Å². The molecule has 6 heteroatoms. The van der Waals surface area contributed by atoms with Crippen LogP contribution in [0, 0.1) is 6.92 Å². The van der Waals surface area contributed by atoms with Gasteiger partial charge in [-0.3, -0.25) is 4.98 Å². The van der Waals surface area contributed by atoms with Crippen LogP contribution in [-0.4, -0.2) is 14.8 Å². The van der Waals surface area contributed by atoms with Crippen molar-refractivity contribution >= 4 is 33.6 Å². The quantitative estimate of drug-likeness (QED) is 0.362. The number of nitrogens with one attached hydrogen (secondary N) is 1. The third kappa shape index (κ3) is 3.42. The number of nitrogens with zero attached hydrogens (tertiary/aromatic N) is 3. The molecule has 2 aromatic carbocycles. The van der Waals surface area contributed by atoms with E-state index in [1.165, 1.54) is 0 Å². The van der Waals surface area contributed by atoms with E-state index in [0.29, 0.717) is 5.82 Å². The number of anilines is 1. The van der Waals surface area contributed by atoms with Crippen molar-refractivity contribution in [3.63, 3.8) is 0 Å². The van der Waals surface area contributed by atoms with Crippen molar-refractivity contribution in [1.29, 1.82) is 0 Å². The van der Waals surface area contributed by atoms with E-state index in [1.54, 1.807) is 4.68 Å². The Balaban J connectivity index is 1.53. The Labute approximate surface area is 195 Å². The number of aryl methyl sites for hydroxylation is 1. The van der Waals surface area contributed by atoms with E-state index < -0.39 is 0 Å². The van der Waals surface area contributed by atoms with Gasteiger partial charge >= 0.3 is 0 Å². The smallest absolute Gasteiger partial charge is 0.140 e. The first-order valence-electron chi connectivity index (χ1n) is 10.3. The van der Waals surface area contributed by atoms with E-state index in [4.69, 9.17) is 5.73 Å². The third-order valence-electron chi connectivity index (χ3n) is 5.76. The zero-order valence-electron chi connectivity index (χ0n) is 17.6. The summed E-state index contributed by atoms with van der Waals surface area (Å²) in [6.45, 7) is 5.96. The number of halogens is 1. The minimum Gasteiger partial charge on any atom is -0.383 e. The van der Waals surface area contributed by atoms with Gasteiger partial charge in [-0.05, 0) is 45.6 Å². The topological polar surface area (TPSA) is 68.8 Å². The summed E-state index contributed by atoms with van der Waals surface area (Å²) < 4.78 is 2.58. The fraction of sp³-hybridized carbons (Fsp3) is 0.0769. The highest BCUT2D eigenvalue weighted by Crippen LogP contribution is 2.42. The van der Waals surface area contributed by atoms with Gasteiger partial charge in [-0.1, -0.05) is 67.3 Å². The molecule has 158 valence electrons. The first-order chi connectivity index (χ1) is 15.6. The average molecular weight is 484 g/mol. The number of nitrogens with two attached hydrogens (primary N) is 1. The van der Waals surface area contributed by atoms with Gasteiger partial charge in [0.15, 0.2) is 0 Å². The predicted octanol–water partition coefficient (Wildman–Crippen LogP) is 6.21. The lowest BCUT2D eigenvalue weighted by molar-refractivity contribution is 0.811. The number of pyridine rings is 1. The molecule has 32 heavy (non-hydrogen) atoms. The maximum atomic E-state index is 6.48. The van der Waals surface area contributed by atoms with E-state index in [0.717, 1.165) is 49.4 Å². The summed E-state index contributed by atoms with van der Waals surface area (Å²) in [5, 5.41) is 8.15. The molecule has 1 aliphatic rings. The second kappa shape index (κ2) is 8.13. The van der Waals surface area contributed by atoms with Crippen LogP contribution in [-0.2, 0) is 0 Å². The molecular weight excluding hydrogens is 462 g/mol. The molecule has 5 nitrogen and oxygen atoms in total. The minimum atomic E-state index is -0.117. The molecule has 3 N–H and O–H groups in total. The summed E-state index contributed by atoms with van der Waals surface area (Å²) in [7, 11) is 0. The Morgan fingerprint density at radius 1 is 1.06 bits per heavy atom. The fourth-order valence-corrected chi connectivity index (χ4v) is 4.56. The van der Waals surface area contributed by atoms with Crippen LogP contribution in [0.4, 0.5) is 5.82 Å². The number of benzene rings is 2. The predicted molar refractivity (Wildman–Crippen MR) is 135 cm³/mol. The average Bonchev–Trinajstić information content (AvgIpc) is 3.26. The van der Waals surface area contributed by atoms with Gasteiger partial charge in [0.1, 0.15) is 11.6 Å². The molecule has 0 radical (unpaired) electrons. The van der Waals surface area contributed by atoms with Gasteiger partial charge in [-0.25, -0.2) is 4.68 Å². The molecule has 5 rings (SSSR count). The summed E-state index contributed by atoms with van der Waals surface area (Å²) >= 11 is 3.70. The van der Waals surface area contributed by atoms with E-state index in [9.17, 15) is 0 Å². The highest BCUT2D eigenvalue weighted by Gasteiger charge is 2.29. The minimum absolute atomic E-state index is 0.117. The van der Waals surface area contributed by atoms with Crippen molar-refractivity contribution in [2.75, 3.05) is 5.32 Å². The lowest BCUT2D eigenvalue weighted by Crippen LogP contribution is -2.25. The van der Waals surface area contributed by atoms with E-state index in [1.807, 2.05) is 42.7 Å². The summed E-state index contributed by atoms with van der Waals surface area (Å²) in [5.74, 6) is 1.41. The van der Waals surface area contributed by atoms with Crippen molar-refractivity contribution in [3.8, 4) is 22.4 Å². The number of aromatic nitrogens is 3. The van der Waals surface area contributed by atoms with Crippen molar-refractivity contribution in [3.05, 3.63) is 101 Å². The largest absolute Gasteiger partial charge is 0.383 e. The lowest BCUT2D eigenvalue weighted by atomic mass is 9.97. The maximum absolute atomic E-state index is 6.48. The Morgan fingerprint density at radius 2 is 1.88 bits per heavy atom. The molecule has 0 bridgehead atoms. The normalized spacial score (nSPS) is 15.2. The number of rotatable bonds is 4. The second-order valence-electron chi connectivity index (χ2n) is 7.75. The summed E-state index contributed by atoms with van der Waals surface area (Å²) in [6.07, 6.45) is 5.55. The molecule has 0 aliphatic carbocycles. The Morgan fingerprint density at radius 3 is 2.56 bits per heavy atom. The summed E-state index contributed by atoms with van der Waals surface area (Å²) in [4.78, 5) is 4.67. The highest BCUT2D eigenvalue weighted by molar-refractivity contribution is 9.11. The third-order valence-corrected chi connectivity index (χ3v) is 6.63. The summed E-state index contributed by atoms with van der Waals surface area (Å²) in [5.41, 5.74) is 13.8. The fourth-order valence-electron chi connectivity index (χ4n) is 4.03. The monoisotopic (exact) mass is 483 g/mol.